The maximum absolute atomic E-state index is 12.8. The number of nitrogens with two attached hydrogens (primary N) is 2. The van der Waals surface area contributed by atoms with E-state index in [1.807, 2.05) is 76.2 Å². The molecule has 0 aliphatic heterocycles. The molecule has 0 unspecified atom stereocenters. The summed E-state index contributed by atoms with van der Waals surface area (Å²) in [4.78, 5) is 51.3. The van der Waals surface area contributed by atoms with Crippen LogP contribution in [0.4, 0.5) is 0 Å². The van der Waals surface area contributed by atoms with Gasteiger partial charge in [0.15, 0.2) is 0 Å². The molecule has 16 nitrogen and oxygen atoms in total. The van der Waals surface area contributed by atoms with Crippen molar-refractivity contribution in [3.05, 3.63) is 214 Å². The molecule has 16 heteroatoms. The minimum Gasteiger partial charge on any atom is -0.493 e. The number of hydrogen-bond donors (Lipinski definition) is 8. The van der Waals surface area contributed by atoms with Gasteiger partial charge in [-0.15, -0.1) is 0 Å². The lowest BCUT2D eigenvalue weighted by Gasteiger charge is -2.20. The lowest BCUT2D eigenvalue weighted by molar-refractivity contribution is -0.423. The van der Waals surface area contributed by atoms with Gasteiger partial charge in [0.2, 0.25) is 0 Å². The second kappa shape index (κ2) is 28.0. The number of benzene rings is 8. The fourth-order valence-electron chi connectivity index (χ4n) is 9.46. The van der Waals surface area contributed by atoms with Gasteiger partial charge in [-0.1, -0.05) is 149 Å². The highest BCUT2D eigenvalue weighted by Crippen LogP contribution is 2.41. The normalized spacial score (nSPS) is 11.2. The van der Waals surface area contributed by atoms with E-state index in [1.54, 1.807) is 24.3 Å². The Kier molecular flexibility index (Phi) is 20.0. The average molecular weight is 1100 g/mol. The van der Waals surface area contributed by atoms with Crippen molar-refractivity contribution in [2.45, 2.75) is 53.4 Å². The summed E-state index contributed by atoms with van der Waals surface area (Å²) in [5.41, 5.74) is 23.3. The largest absolute Gasteiger partial charge is 0.493 e. The summed E-state index contributed by atoms with van der Waals surface area (Å²) in [6.07, 6.45) is 3.02. The number of nitrogens with one attached hydrogen (secondary N) is 4. The van der Waals surface area contributed by atoms with E-state index in [2.05, 4.69) is 130 Å². The first-order chi connectivity index (χ1) is 40.0. The number of nitrogen functional groups attached to an aromatic ring is 2. The molecule has 0 saturated carbocycles. The number of quaternary nitrogens is 2. The van der Waals surface area contributed by atoms with Crippen molar-refractivity contribution in [1.82, 2.24) is 21.7 Å². The van der Waals surface area contributed by atoms with E-state index in [0.29, 0.717) is 71.7 Å². The summed E-state index contributed by atoms with van der Waals surface area (Å²) < 4.78 is 24.3. The minimum absolute atomic E-state index is 0.334. The maximum atomic E-state index is 12.8. The van der Waals surface area contributed by atoms with E-state index >= 15 is 0 Å². The minimum atomic E-state index is -0.450. The van der Waals surface area contributed by atoms with E-state index in [9.17, 15) is 19.2 Å². The topological polar surface area (TPSA) is 261 Å². The highest BCUT2D eigenvalue weighted by atomic mass is 16.5. The molecule has 0 spiro atoms. The van der Waals surface area contributed by atoms with Crippen LogP contribution < -0.4 is 64.0 Å². The van der Waals surface area contributed by atoms with Crippen molar-refractivity contribution in [3.63, 3.8) is 0 Å². The zero-order chi connectivity index (χ0) is 58.1. The quantitative estimate of drug-likeness (QED) is 0.0123. The third-order valence-corrected chi connectivity index (χ3v) is 13.6. The number of ether oxygens (including phenoxy) is 4. The van der Waals surface area contributed by atoms with Crippen LogP contribution >= 0.6 is 0 Å². The SMILES string of the molecule is CCCOc1cc(-c2ccc(C(=C(c3ccc(-c4ccc(C(=O)NN)c(OCCC)c4)cc3)c3ccc(-c4ccc(C(=O)N[NH3+])c(OCCC)c4)cc3)c3ccc(-c4ccc(C(=O)N[NH3+])c(OCCC)c4)cc3)cc2)ccc1C(=O)NN. The smallest absolute Gasteiger partial charge is 0.299 e. The van der Waals surface area contributed by atoms with Crippen molar-refractivity contribution in [2.75, 3.05) is 26.4 Å². The molecule has 0 aliphatic rings. The van der Waals surface area contributed by atoms with Gasteiger partial charge in [-0.05, 0) is 152 Å². The zero-order valence-corrected chi connectivity index (χ0v) is 46.7. The standard InChI is InChI=1S/C66H68N8O8/c1-5-33-79-57-37-49(25-29-53(57)63(75)71-67)41-9-17-45(18-10-41)61(46-19-11-42(12-20-46)50-26-30-54(64(76)72-68)58(38-50)80-34-6-2)62(47-21-13-43(14-22-47)51-27-31-55(65(77)73-69)59(39-51)81-35-7-3)48-23-15-44(16-24-48)52-28-32-56(66(78)74-70)60(40-52)82-36-8-4/h9-32,37-40H,5-8,33-36,67-70H2,1-4H3,(H,71,75)(H,72,76)(H,73,77)(H,74,78)/p+2. The van der Waals surface area contributed by atoms with Crippen LogP contribution in [0.2, 0.25) is 0 Å². The molecular weight excluding hydrogens is 1030 g/mol. The molecule has 8 rings (SSSR count). The number of carbonyl (C=O) groups excluding carboxylic acids is 4. The summed E-state index contributed by atoms with van der Waals surface area (Å²) >= 11 is 0. The Hall–Kier alpha value is -9.58. The van der Waals surface area contributed by atoms with Crippen molar-refractivity contribution in [2.24, 2.45) is 11.7 Å². The van der Waals surface area contributed by atoms with E-state index in [0.717, 1.165) is 104 Å². The predicted molar refractivity (Wildman–Crippen MR) is 320 cm³/mol. The highest BCUT2D eigenvalue weighted by Gasteiger charge is 2.22. The first-order valence-corrected chi connectivity index (χ1v) is 27.4. The summed E-state index contributed by atoms with van der Waals surface area (Å²) in [6, 6.07) is 55.2. The molecule has 420 valence electrons. The van der Waals surface area contributed by atoms with E-state index < -0.39 is 11.8 Å². The van der Waals surface area contributed by atoms with Gasteiger partial charge in [0.1, 0.15) is 23.0 Å². The molecule has 0 bridgehead atoms. The fourth-order valence-corrected chi connectivity index (χ4v) is 9.46. The van der Waals surface area contributed by atoms with Gasteiger partial charge in [0.25, 0.3) is 23.6 Å². The molecule has 0 aromatic heterocycles. The molecule has 14 N–H and O–H groups in total. The Balaban J connectivity index is 1.33. The molecule has 0 aliphatic carbocycles. The molecular formula is C66H70N8O8+2. The summed E-state index contributed by atoms with van der Waals surface area (Å²) in [7, 11) is 0. The number of carbonyl (C=O) groups is 4. The molecule has 0 saturated heterocycles. The summed E-state index contributed by atoms with van der Waals surface area (Å²) in [5.74, 6) is 18.5. The second-order valence-electron chi connectivity index (χ2n) is 19.3. The second-order valence-corrected chi connectivity index (χ2v) is 19.3. The number of rotatable bonds is 24. The molecule has 0 atom stereocenters. The molecule has 82 heavy (non-hydrogen) atoms. The van der Waals surface area contributed by atoms with Crippen LogP contribution in [0, 0.1) is 0 Å². The van der Waals surface area contributed by atoms with Crippen molar-refractivity contribution in [3.8, 4) is 67.5 Å². The number of hydrogen-bond acceptors (Lipinski definition) is 10. The monoisotopic (exact) mass is 1100 g/mol. The molecule has 4 amide bonds. The van der Waals surface area contributed by atoms with E-state index in [4.69, 9.17) is 30.6 Å². The predicted octanol–water partition coefficient (Wildman–Crippen LogP) is 9.50. The summed E-state index contributed by atoms with van der Waals surface area (Å²) in [6.45, 7) is 9.73. The maximum Gasteiger partial charge on any atom is 0.299 e. The van der Waals surface area contributed by atoms with Gasteiger partial charge < -0.3 is 18.9 Å². The Morgan fingerprint density at radius 2 is 0.537 bits per heavy atom. The first kappa shape index (κ1) is 58.6. The van der Waals surface area contributed by atoms with Crippen LogP contribution in [0.15, 0.2) is 170 Å². The zero-order valence-electron chi connectivity index (χ0n) is 46.7. The van der Waals surface area contributed by atoms with Gasteiger partial charge in [0, 0.05) is 0 Å². The van der Waals surface area contributed by atoms with Crippen molar-refractivity contribution >= 4 is 34.8 Å². The lowest BCUT2D eigenvalue weighted by Crippen LogP contribution is -2.67. The van der Waals surface area contributed by atoms with Gasteiger partial charge >= 0.3 is 0 Å². The Morgan fingerprint density at radius 3 is 0.732 bits per heavy atom. The molecule has 8 aromatic rings. The number of hydrazine groups is 2. The lowest BCUT2D eigenvalue weighted by atomic mass is 9.84. The van der Waals surface area contributed by atoms with Gasteiger partial charge in [-0.25, -0.2) is 22.5 Å². The average Bonchev–Trinajstić information content (AvgIpc) is 3.65. The van der Waals surface area contributed by atoms with Crippen LogP contribution in [0.1, 0.15) is 117 Å². The van der Waals surface area contributed by atoms with Gasteiger partial charge in [0.05, 0.1) is 48.7 Å². The molecule has 0 fully saturated rings. The van der Waals surface area contributed by atoms with Crippen LogP contribution in [0.5, 0.6) is 23.0 Å². The van der Waals surface area contributed by atoms with E-state index in [-0.39, 0.29) is 11.8 Å². The fraction of sp³-hybridized carbons (Fsp3) is 0.182. The summed E-state index contributed by atoms with van der Waals surface area (Å²) in [5, 5.41) is 0. The van der Waals surface area contributed by atoms with Crippen molar-refractivity contribution < 1.29 is 49.8 Å². The number of amides is 4. The van der Waals surface area contributed by atoms with Gasteiger partial charge in [-0.3, -0.25) is 41.7 Å². The third kappa shape index (κ3) is 13.5. The Labute approximate surface area is 477 Å². The molecule has 8 aromatic carbocycles. The highest BCUT2D eigenvalue weighted by molar-refractivity contribution is 6.06. The van der Waals surface area contributed by atoms with E-state index in [1.165, 1.54) is 0 Å². The first-order valence-electron chi connectivity index (χ1n) is 27.4. The molecule has 0 heterocycles. The van der Waals surface area contributed by atoms with Crippen LogP contribution in [0.25, 0.3) is 55.7 Å². The Morgan fingerprint density at radius 1 is 0.329 bits per heavy atom. The van der Waals surface area contributed by atoms with Crippen LogP contribution in [0.3, 0.4) is 0 Å². The van der Waals surface area contributed by atoms with Crippen LogP contribution in [-0.2, 0) is 0 Å². The van der Waals surface area contributed by atoms with Crippen LogP contribution in [-0.4, -0.2) is 50.1 Å². The third-order valence-electron chi connectivity index (χ3n) is 13.6. The van der Waals surface area contributed by atoms with Crippen molar-refractivity contribution in [1.29, 1.82) is 0 Å². The van der Waals surface area contributed by atoms with Gasteiger partial charge in [-0.2, -0.15) is 0 Å². The Bertz CT molecular complexity index is 3110. The molecule has 0 radical (unpaired) electrons.